The molecule has 2 rings (SSSR count). The van der Waals surface area contributed by atoms with Gasteiger partial charge in [-0.25, -0.2) is 0 Å². The fraction of sp³-hybridized carbons (Fsp3) is 1.00. The van der Waals surface area contributed by atoms with Gasteiger partial charge in [0.1, 0.15) is 42.7 Å². The lowest BCUT2D eigenvalue weighted by Gasteiger charge is -2.45. The molecule has 1 unspecified atom stereocenters. The van der Waals surface area contributed by atoms with Gasteiger partial charge in [0.15, 0.2) is 12.6 Å². The molecule has 11 nitrogen and oxygen atoms in total. The fourth-order valence-corrected chi connectivity index (χ4v) is 2.60. The number of aliphatic hydroxyl groups excluding tert-OH is 7. The van der Waals surface area contributed by atoms with Gasteiger partial charge in [-0.15, -0.1) is 0 Å². The van der Waals surface area contributed by atoms with Crippen molar-refractivity contribution in [2.24, 2.45) is 5.73 Å². The standard InChI is InChI=1S/C12H23NO10/c13-5-7(17)10(4(2-15)21-11(5)20)23-12-9(19)8(18)6(16)3(1-14)22-12/h3-12,14-20H,1-2,13H2/t3-,4+,5+,6+,7+,8+,9-,10+,11?,12+/m0/s1. The summed E-state index contributed by atoms with van der Waals surface area (Å²) in [5.41, 5.74) is 5.55. The Hall–Kier alpha value is -0.440. The molecule has 136 valence electrons. The van der Waals surface area contributed by atoms with Crippen molar-refractivity contribution in [1.82, 2.24) is 0 Å². The Morgan fingerprint density at radius 3 is 1.96 bits per heavy atom. The maximum absolute atomic E-state index is 10.1. The van der Waals surface area contributed by atoms with Gasteiger partial charge in [0.2, 0.25) is 0 Å². The van der Waals surface area contributed by atoms with Crippen molar-refractivity contribution in [1.29, 1.82) is 0 Å². The summed E-state index contributed by atoms with van der Waals surface area (Å²) >= 11 is 0. The van der Waals surface area contributed by atoms with Gasteiger partial charge < -0.3 is 55.7 Å². The molecule has 0 aromatic rings. The summed E-state index contributed by atoms with van der Waals surface area (Å²) in [6, 6.07) is -1.23. The Kier molecular flexibility index (Phi) is 6.27. The van der Waals surface area contributed by atoms with Crippen LogP contribution in [0.3, 0.4) is 0 Å². The first-order valence-electron chi connectivity index (χ1n) is 7.15. The van der Waals surface area contributed by atoms with Gasteiger partial charge in [0, 0.05) is 0 Å². The summed E-state index contributed by atoms with van der Waals surface area (Å²) in [4.78, 5) is 0. The van der Waals surface area contributed by atoms with E-state index < -0.39 is 74.6 Å². The Balaban J connectivity index is 2.11. The lowest BCUT2D eigenvalue weighted by Crippen LogP contribution is -2.66. The highest BCUT2D eigenvalue weighted by molar-refractivity contribution is 4.94. The summed E-state index contributed by atoms with van der Waals surface area (Å²) in [6.07, 6.45) is -13.0. The first-order chi connectivity index (χ1) is 10.8. The van der Waals surface area contributed by atoms with E-state index in [1.165, 1.54) is 0 Å². The van der Waals surface area contributed by atoms with Crippen LogP contribution in [0.4, 0.5) is 0 Å². The average molecular weight is 341 g/mol. The van der Waals surface area contributed by atoms with Crippen molar-refractivity contribution in [2.45, 2.75) is 61.3 Å². The van der Waals surface area contributed by atoms with Crippen LogP contribution in [0.1, 0.15) is 0 Å². The molecule has 11 heteroatoms. The summed E-state index contributed by atoms with van der Waals surface area (Å²) in [5.74, 6) is 0. The van der Waals surface area contributed by atoms with E-state index in [1.54, 1.807) is 0 Å². The molecule has 2 aliphatic rings. The van der Waals surface area contributed by atoms with Crippen LogP contribution in [0.5, 0.6) is 0 Å². The zero-order valence-electron chi connectivity index (χ0n) is 12.1. The molecule has 23 heavy (non-hydrogen) atoms. The lowest BCUT2D eigenvalue weighted by atomic mass is 9.96. The Labute approximate surface area is 131 Å². The number of hydrogen-bond donors (Lipinski definition) is 8. The van der Waals surface area contributed by atoms with Gasteiger partial charge in [0.05, 0.1) is 19.3 Å². The smallest absolute Gasteiger partial charge is 0.187 e. The summed E-state index contributed by atoms with van der Waals surface area (Å²) in [6.45, 7) is -1.26. The first-order valence-corrected chi connectivity index (χ1v) is 7.15. The minimum atomic E-state index is -1.68. The molecule has 9 N–H and O–H groups in total. The number of ether oxygens (including phenoxy) is 3. The van der Waals surface area contributed by atoms with Crippen LogP contribution in [-0.4, -0.2) is 110 Å². The van der Waals surface area contributed by atoms with E-state index in [0.717, 1.165) is 0 Å². The molecule has 0 aromatic carbocycles. The molecule has 0 radical (unpaired) electrons. The van der Waals surface area contributed by atoms with Crippen molar-refractivity contribution >= 4 is 0 Å². The third kappa shape index (κ3) is 3.65. The normalized spacial score (nSPS) is 51.7. The third-order valence-corrected chi connectivity index (χ3v) is 4.06. The van der Waals surface area contributed by atoms with Crippen LogP contribution in [-0.2, 0) is 14.2 Å². The van der Waals surface area contributed by atoms with Crippen molar-refractivity contribution in [3.8, 4) is 0 Å². The molecule has 2 saturated heterocycles. The van der Waals surface area contributed by atoms with Crippen LogP contribution < -0.4 is 5.73 Å². The second-order valence-corrected chi connectivity index (χ2v) is 5.61. The van der Waals surface area contributed by atoms with E-state index >= 15 is 0 Å². The van der Waals surface area contributed by atoms with Gasteiger partial charge >= 0.3 is 0 Å². The summed E-state index contributed by atoms with van der Waals surface area (Å²) < 4.78 is 15.5. The molecule has 0 aromatic heterocycles. The Morgan fingerprint density at radius 2 is 1.39 bits per heavy atom. The third-order valence-electron chi connectivity index (χ3n) is 4.06. The van der Waals surface area contributed by atoms with Gasteiger partial charge in [-0.2, -0.15) is 0 Å². The highest BCUT2D eigenvalue weighted by Gasteiger charge is 2.49. The maximum atomic E-state index is 10.1. The highest BCUT2D eigenvalue weighted by atomic mass is 16.7. The number of aliphatic hydroxyl groups is 7. The minimum Gasteiger partial charge on any atom is -0.394 e. The lowest BCUT2D eigenvalue weighted by molar-refractivity contribution is -0.344. The van der Waals surface area contributed by atoms with Crippen molar-refractivity contribution in [3.63, 3.8) is 0 Å². The largest absolute Gasteiger partial charge is 0.394 e. The molecule has 2 fully saturated rings. The molecular weight excluding hydrogens is 318 g/mol. The van der Waals surface area contributed by atoms with E-state index in [0.29, 0.717) is 0 Å². The SMILES string of the molecule is N[C@H]1C(O)O[C@H](CO)[C@@H](O[C@H]2O[C@@H](CO)[C@@H](O)[C@@H](O)[C@@H]2O)[C@@H]1O. The molecule has 2 aliphatic heterocycles. The van der Waals surface area contributed by atoms with Crippen LogP contribution in [0, 0.1) is 0 Å². The highest BCUT2D eigenvalue weighted by Crippen LogP contribution is 2.27. The van der Waals surface area contributed by atoms with Crippen LogP contribution in [0.25, 0.3) is 0 Å². The van der Waals surface area contributed by atoms with E-state index in [2.05, 4.69) is 0 Å². The molecular formula is C12H23NO10. The first kappa shape index (κ1) is 18.9. The van der Waals surface area contributed by atoms with Gasteiger partial charge in [-0.1, -0.05) is 0 Å². The fourth-order valence-electron chi connectivity index (χ4n) is 2.60. The quantitative estimate of drug-likeness (QED) is 0.243. The summed E-state index contributed by atoms with van der Waals surface area (Å²) in [7, 11) is 0. The number of rotatable bonds is 4. The maximum Gasteiger partial charge on any atom is 0.187 e. The molecule has 2 heterocycles. The van der Waals surface area contributed by atoms with E-state index in [1.807, 2.05) is 0 Å². The van der Waals surface area contributed by atoms with Crippen LogP contribution >= 0.6 is 0 Å². The number of nitrogens with two attached hydrogens (primary N) is 1. The molecule has 0 aliphatic carbocycles. The second kappa shape index (κ2) is 7.63. The van der Waals surface area contributed by atoms with Crippen molar-refractivity contribution in [2.75, 3.05) is 13.2 Å². The van der Waals surface area contributed by atoms with Crippen LogP contribution in [0.2, 0.25) is 0 Å². The molecule has 0 bridgehead atoms. The Morgan fingerprint density at radius 1 is 0.783 bits per heavy atom. The molecule has 0 saturated carbocycles. The Bertz CT molecular complexity index is 383. The summed E-state index contributed by atoms with van der Waals surface area (Å²) in [5, 5.41) is 67.3. The average Bonchev–Trinajstić information content (AvgIpc) is 2.55. The minimum absolute atomic E-state index is 0.622. The molecule has 10 atom stereocenters. The van der Waals surface area contributed by atoms with Gasteiger partial charge in [-0.3, -0.25) is 0 Å². The zero-order valence-corrected chi connectivity index (χ0v) is 12.1. The van der Waals surface area contributed by atoms with Gasteiger partial charge in [0.25, 0.3) is 0 Å². The topological polar surface area (TPSA) is 195 Å². The monoisotopic (exact) mass is 341 g/mol. The van der Waals surface area contributed by atoms with Crippen molar-refractivity contribution < 1.29 is 50.0 Å². The van der Waals surface area contributed by atoms with Crippen LogP contribution in [0.15, 0.2) is 0 Å². The predicted molar refractivity (Wildman–Crippen MR) is 70.6 cm³/mol. The van der Waals surface area contributed by atoms with E-state index in [9.17, 15) is 30.6 Å². The molecule has 0 spiro atoms. The van der Waals surface area contributed by atoms with E-state index in [-0.39, 0.29) is 0 Å². The van der Waals surface area contributed by atoms with Crippen molar-refractivity contribution in [3.05, 3.63) is 0 Å². The van der Waals surface area contributed by atoms with E-state index in [4.69, 9.17) is 25.1 Å². The predicted octanol–water partition coefficient (Wildman–Crippen LogP) is -5.43. The zero-order chi connectivity index (χ0) is 17.3. The number of hydrogen-bond acceptors (Lipinski definition) is 11. The second-order valence-electron chi connectivity index (χ2n) is 5.61. The molecule has 0 amide bonds. The van der Waals surface area contributed by atoms with Gasteiger partial charge in [-0.05, 0) is 0 Å².